The molecule has 0 saturated carbocycles. The number of aromatic nitrogens is 1. The summed E-state index contributed by atoms with van der Waals surface area (Å²) in [7, 11) is -2.52. The van der Waals surface area contributed by atoms with Crippen molar-refractivity contribution in [1.82, 2.24) is 4.98 Å². The molecular formula is C11H11ClN2O4S3. The fraction of sp³-hybridized carbons (Fsp3) is 0.182. The lowest BCUT2D eigenvalue weighted by molar-refractivity contribution is 0.600. The second-order valence-corrected chi connectivity index (χ2v) is 9.61. The van der Waals surface area contributed by atoms with Gasteiger partial charge in [0.2, 0.25) is 0 Å². The van der Waals surface area contributed by atoms with E-state index in [0.717, 1.165) is 0 Å². The number of nitrogens with one attached hydrogen (secondary N) is 1. The largest absolute Gasteiger partial charge is 0.272 e. The Kier molecular flexibility index (Phi) is 4.29. The third-order valence-electron chi connectivity index (χ3n) is 2.58. The third kappa shape index (κ3) is 3.54. The Morgan fingerprint density at radius 1 is 1.14 bits per heavy atom. The Labute approximate surface area is 131 Å². The summed E-state index contributed by atoms with van der Waals surface area (Å²) >= 11 is 0.673. The molecule has 1 N–H and O–H groups in total. The van der Waals surface area contributed by atoms with E-state index in [0.29, 0.717) is 16.9 Å². The molecule has 1 aromatic carbocycles. The average Bonchev–Trinajstić information content (AvgIpc) is 2.69. The lowest BCUT2D eigenvalue weighted by atomic mass is 10.2. The summed E-state index contributed by atoms with van der Waals surface area (Å²) in [4.78, 5) is 3.99. The number of halogens is 1. The number of nitrogens with zero attached hydrogens (tertiary/aromatic N) is 1. The average molecular weight is 367 g/mol. The van der Waals surface area contributed by atoms with E-state index >= 15 is 0 Å². The van der Waals surface area contributed by atoms with Gasteiger partial charge in [0.1, 0.15) is 0 Å². The summed E-state index contributed by atoms with van der Waals surface area (Å²) in [6.07, 6.45) is 0. The summed E-state index contributed by atoms with van der Waals surface area (Å²) in [5.41, 5.74) is 0.723. The first kappa shape index (κ1) is 16.2. The molecule has 0 aliphatic heterocycles. The van der Waals surface area contributed by atoms with Crippen LogP contribution in [0.4, 0.5) is 5.13 Å². The third-order valence-corrected chi connectivity index (χ3v) is 7.46. The molecule has 0 spiro atoms. The molecule has 0 unspecified atom stereocenters. The van der Waals surface area contributed by atoms with Crippen molar-refractivity contribution in [3.63, 3.8) is 0 Å². The van der Waals surface area contributed by atoms with E-state index in [1.54, 1.807) is 25.1 Å². The summed E-state index contributed by atoms with van der Waals surface area (Å²) in [5.74, 6) is 0. The standard InChI is InChI=1S/C11H11ClN2O4S3/c1-7-5-3-4-6-9(7)21(17,18)14-11-13-8(2)10(19-11)20(12,15)16/h3-6H,1-2H3,(H,13,14). The zero-order valence-corrected chi connectivity index (χ0v) is 14.2. The summed E-state index contributed by atoms with van der Waals surface area (Å²) in [5, 5.41) is -0.0463. The zero-order valence-electron chi connectivity index (χ0n) is 11.0. The number of rotatable bonds is 4. The van der Waals surface area contributed by atoms with Gasteiger partial charge in [-0.1, -0.05) is 29.5 Å². The van der Waals surface area contributed by atoms with E-state index in [1.165, 1.54) is 13.0 Å². The quantitative estimate of drug-likeness (QED) is 0.839. The molecule has 0 aliphatic carbocycles. The van der Waals surface area contributed by atoms with Crippen molar-refractivity contribution in [2.75, 3.05) is 4.72 Å². The van der Waals surface area contributed by atoms with Crippen molar-refractivity contribution < 1.29 is 16.8 Å². The van der Waals surface area contributed by atoms with Crippen molar-refractivity contribution in [3.8, 4) is 0 Å². The Balaban J connectivity index is 2.41. The first-order valence-corrected chi connectivity index (χ1v) is 10.2. The van der Waals surface area contributed by atoms with Crippen LogP contribution in [0.15, 0.2) is 33.4 Å². The van der Waals surface area contributed by atoms with Crippen LogP contribution in [0.3, 0.4) is 0 Å². The van der Waals surface area contributed by atoms with E-state index < -0.39 is 19.1 Å². The van der Waals surface area contributed by atoms with Gasteiger partial charge in [-0.05, 0) is 25.5 Å². The normalized spacial score (nSPS) is 12.3. The van der Waals surface area contributed by atoms with Crippen LogP contribution in [0.2, 0.25) is 0 Å². The molecule has 0 bridgehead atoms. The van der Waals surface area contributed by atoms with Crippen LogP contribution in [0, 0.1) is 13.8 Å². The lowest BCUT2D eigenvalue weighted by Crippen LogP contribution is -2.13. The van der Waals surface area contributed by atoms with Crippen molar-refractivity contribution >= 4 is 46.2 Å². The van der Waals surface area contributed by atoms with E-state index in [4.69, 9.17) is 10.7 Å². The smallest absolute Gasteiger partial charge is 0.255 e. The Hall–Kier alpha value is -1.16. The highest BCUT2D eigenvalue weighted by atomic mass is 35.7. The van der Waals surface area contributed by atoms with Gasteiger partial charge in [0.05, 0.1) is 10.6 Å². The first-order chi connectivity index (χ1) is 9.61. The maximum absolute atomic E-state index is 12.3. The minimum absolute atomic E-state index is 0.0463. The number of hydrogen-bond acceptors (Lipinski definition) is 6. The van der Waals surface area contributed by atoms with Gasteiger partial charge in [0.15, 0.2) is 9.34 Å². The maximum atomic E-state index is 12.3. The van der Waals surface area contributed by atoms with E-state index in [9.17, 15) is 16.8 Å². The molecule has 1 heterocycles. The van der Waals surface area contributed by atoms with E-state index in [1.807, 2.05) is 0 Å². The Morgan fingerprint density at radius 2 is 1.76 bits per heavy atom. The van der Waals surface area contributed by atoms with Crippen LogP contribution < -0.4 is 4.72 Å². The van der Waals surface area contributed by atoms with Gasteiger partial charge < -0.3 is 0 Å². The number of sulfonamides is 1. The number of benzene rings is 1. The van der Waals surface area contributed by atoms with Crippen LogP contribution >= 0.6 is 22.0 Å². The van der Waals surface area contributed by atoms with Gasteiger partial charge in [-0.3, -0.25) is 4.72 Å². The van der Waals surface area contributed by atoms with Gasteiger partial charge in [-0.15, -0.1) is 0 Å². The molecule has 0 fully saturated rings. The van der Waals surface area contributed by atoms with Crippen LogP contribution in [-0.2, 0) is 19.1 Å². The topological polar surface area (TPSA) is 93.2 Å². The molecule has 0 radical (unpaired) electrons. The summed E-state index contributed by atoms with van der Waals surface area (Å²) in [6, 6.07) is 6.44. The molecule has 6 nitrogen and oxygen atoms in total. The molecular weight excluding hydrogens is 356 g/mol. The number of thiazole rings is 1. The molecule has 0 amide bonds. The van der Waals surface area contributed by atoms with E-state index in [-0.39, 0.29) is 19.9 Å². The summed E-state index contributed by atoms with van der Waals surface area (Å²) in [6.45, 7) is 3.10. The number of hydrogen-bond donors (Lipinski definition) is 1. The van der Waals surface area contributed by atoms with Gasteiger partial charge >= 0.3 is 0 Å². The zero-order chi connectivity index (χ0) is 15.8. The monoisotopic (exact) mass is 366 g/mol. The first-order valence-electron chi connectivity index (χ1n) is 5.62. The Bertz CT molecular complexity index is 888. The van der Waals surface area contributed by atoms with Gasteiger partial charge in [-0.2, -0.15) is 0 Å². The SMILES string of the molecule is Cc1ccccc1S(=O)(=O)Nc1nc(C)c(S(=O)(=O)Cl)s1. The minimum Gasteiger partial charge on any atom is -0.255 e. The highest BCUT2D eigenvalue weighted by Crippen LogP contribution is 2.31. The molecule has 10 heteroatoms. The highest BCUT2D eigenvalue weighted by Gasteiger charge is 2.23. The molecule has 2 aromatic rings. The van der Waals surface area contributed by atoms with Crippen LogP contribution in [0.5, 0.6) is 0 Å². The van der Waals surface area contributed by atoms with Gasteiger partial charge in [-0.25, -0.2) is 21.8 Å². The van der Waals surface area contributed by atoms with Crippen molar-refractivity contribution in [1.29, 1.82) is 0 Å². The van der Waals surface area contributed by atoms with Gasteiger partial charge in [0.25, 0.3) is 19.1 Å². The minimum atomic E-state index is -3.95. The van der Waals surface area contributed by atoms with Crippen molar-refractivity contribution in [2.45, 2.75) is 23.0 Å². The van der Waals surface area contributed by atoms with Crippen LogP contribution in [-0.4, -0.2) is 21.8 Å². The molecule has 1 aromatic heterocycles. The van der Waals surface area contributed by atoms with Crippen molar-refractivity contribution in [3.05, 3.63) is 35.5 Å². The fourth-order valence-corrected chi connectivity index (χ4v) is 5.51. The molecule has 0 aliphatic rings. The maximum Gasteiger partial charge on any atom is 0.272 e. The summed E-state index contributed by atoms with van der Waals surface area (Å²) < 4.78 is 49.3. The number of aryl methyl sites for hydroxylation is 2. The highest BCUT2D eigenvalue weighted by molar-refractivity contribution is 8.15. The molecule has 2 rings (SSSR count). The predicted molar refractivity (Wildman–Crippen MR) is 81.9 cm³/mol. The fourth-order valence-electron chi connectivity index (χ4n) is 1.68. The van der Waals surface area contributed by atoms with Crippen molar-refractivity contribution in [2.24, 2.45) is 0 Å². The molecule has 21 heavy (non-hydrogen) atoms. The predicted octanol–water partition coefficient (Wildman–Crippen LogP) is 2.49. The number of anilines is 1. The van der Waals surface area contributed by atoms with E-state index in [2.05, 4.69) is 9.71 Å². The van der Waals surface area contributed by atoms with Crippen LogP contribution in [0.25, 0.3) is 0 Å². The molecule has 114 valence electrons. The lowest BCUT2D eigenvalue weighted by Gasteiger charge is -2.07. The molecule has 0 saturated heterocycles. The van der Waals surface area contributed by atoms with Gasteiger partial charge in [0, 0.05) is 10.7 Å². The second kappa shape index (κ2) is 5.56. The molecule has 0 atom stereocenters. The van der Waals surface area contributed by atoms with Crippen LogP contribution in [0.1, 0.15) is 11.3 Å². The Morgan fingerprint density at radius 3 is 2.29 bits per heavy atom. The second-order valence-electron chi connectivity index (χ2n) is 4.20.